The minimum absolute atomic E-state index is 0.281. The van der Waals surface area contributed by atoms with Crippen LogP contribution in [0.15, 0.2) is 54.6 Å². The fourth-order valence-corrected chi connectivity index (χ4v) is 2.65. The van der Waals surface area contributed by atoms with Crippen LogP contribution in [0.5, 0.6) is 11.5 Å². The fraction of sp³-hybridized carbons (Fsp3) is 0.190. The normalized spacial score (nSPS) is 10.2. The highest BCUT2D eigenvalue weighted by molar-refractivity contribution is 5.92. The summed E-state index contributed by atoms with van der Waals surface area (Å²) in [7, 11) is 3.16. The molecule has 1 amide bonds. The monoisotopic (exact) mass is 378 g/mol. The molecule has 0 spiro atoms. The van der Waals surface area contributed by atoms with Gasteiger partial charge in [0.15, 0.2) is 11.5 Å². The third-order valence-electron chi connectivity index (χ3n) is 4.02. The number of para-hydroxylation sites is 1. The zero-order valence-corrected chi connectivity index (χ0v) is 16.0. The minimum atomic E-state index is -0.281. The summed E-state index contributed by atoms with van der Waals surface area (Å²) in [4.78, 5) is 21.2. The number of amides is 1. The number of hydrogen-bond acceptors (Lipinski definition) is 6. The summed E-state index contributed by atoms with van der Waals surface area (Å²) in [6.45, 7) is 2.16. The van der Waals surface area contributed by atoms with Gasteiger partial charge < -0.3 is 20.1 Å². The van der Waals surface area contributed by atoms with Crippen LogP contribution in [0, 0.1) is 6.92 Å². The highest BCUT2D eigenvalue weighted by atomic mass is 16.5. The lowest BCUT2D eigenvalue weighted by molar-refractivity contribution is 0.0945. The largest absolute Gasteiger partial charge is 0.493 e. The van der Waals surface area contributed by atoms with Gasteiger partial charge in [-0.3, -0.25) is 4.79 Å². The van der Waals surface area contributed by atoms with Crippen molar-refractivity contribution in [2.24, 2.45) is 0 Å². The lowest BCUT2D eigenvalue weighted by Crippen LogP contribution is -2.24. The van der Waals surface area contributed by atoms with Crippen LogP contribution >= 0.6 is 0 Å². The Kier molecular flexibility index (Phi) is 6.06. The van der Waals surface area contributed by atoms with Gasteiger partial charge in [-0.1, -0.05) is 24.3 Å². The van der Waals surface area contributed by atoms with E-state index in [0.29, 0.717) is 35.4 Å². The van der Waals surface area contributed by atoms with Crippen LogP contribution in [-0.2, 0) is 6.54 Å². The molecule has 0 aliphatic carbocycles. The number of aromatic nitrogens is 2. The molecule has 0 radical (unpaired) electrons. The Hall–Kier alpha value is -3.61. The van der Waals surface area contributed by atoms with Gasteiger partial charge in [0, 0.05) is 17.9 Å². The van der Waals surface area contributed by atoms with Crippen LogP contribution in [0.3, 0.4) is 0 Å². The van der Waals surface area contributed by atoms with Crippen molar-refractivity contribution >= 4 is 17.5 Å². The van der Waals surface area contributed by atoms with E-state index in [0.717, 1.165) is 11.3 Å². The second kappa shape index (κ2) is 8.85. The number of ether oxygens (including phenoxy) is 2. The standard InChI is InChI=1S/C21H22N4O3/c1-14-11-17(25-21(23-14)24-16-7-5-4-6-8-16)20(26)22-13-15-9-10-18(27-2)19(12-15)28-3/h4-12H,13H2,1-3H3,(H,22,26)(H,23,24,25). The van der Waals surface area contributed by atoms with Crippen LogP contribution in [0.4, 0.5) is 11.6 Å². The first-order valence-electron chi connectivity index (χ1n) is 8.76. The highest BCUT2D eigenvalue weighted by Crippen LogP contribution is 2.27. The van der Waals surface area contributed by atoms with Crippen LogP contribution in [0.2, 0.25) is 0 Å². The van der Waals surface area contributed by atoms with Gasteiger partial charge in [0.1, 0.15) is 5.69 Å². The van der Waals surface area contributed by atoms with Crippen molar-refractivity contribution in [2.75, 3.05) is 19.5 Å². The zero-order valence-electron chi connectivity index (χ0n) is 16.0. The Morgan fingerprint density at radius 1 is 0.964 bits per heavy atom. The molecule has 0 aliphatic rings. The molecule has 0 saturated heterocycles. The first kappa shape index (κ1) is 19.2. The lowest BCUT2D eigenvalue weighted by atomic mass is 10.2. The highest BCUT2D eigenvalue weighted by Gasteiger charge is 2.12. The average Bonchev–Trinajstić information content (AvgIpc) is 2.72. The fourth-order valence-electron chi connectivity index (χ4n) is 2.65. The molecule has 2 aromatic carbocycles. The predicted octanol–water partition coefficient (Wildman–Crippen LogP) is 3.48. The molecule has 3 aromatic rings. The van der Waals surface area contributed by atoms with E-state index < -0.39 is 0 Å². The van der Waals surface area contributed by atoms with Crippen molar-refractivity contribution in [1.82, 2.24) is 15.3 Å². The number of aryl methyl sites for hydroxylation is 1. The predicted molar refractivity (Wildman–Crippen MR) is 107 cm³/mol. The van der Waals surface area contributed by atoms with Crippen LogP contribution in [0.1, 0.15) is 21.7 Å². The first-order chi connectivity index (χ1) is 13.6. The molecule has 0 saturated carbocycles. The van der Waals surface area contributed by atoms with E-state index in [1.165, 1.54) is 0 Å². The maximum absolute atomic E-state index is 12.6. The quantitative estimate of drug-likeness (QED) is 0.655. The Labute approximate surface area is 163 Å². The number of hydrogen-bond donors (Lipinski definition) is 2. The summed E-state index contributed by atoms with van der Waals surface area (Å²) in [5.41, 5.74) is 2.74. The van der Waals surface area contributed by atoms with Gasteiger partial charge in [0.05, 0.1) is 14.2 Å². The van der Waals surface area contributed by atoms with E-state index in [1.807, 2.05) is 49.4 Å². The number of carbonyl (C=O) groups excluding carboxylic acids is 1. The van der Waals surface area contributed by atoms with Crippen molar-refractivity contribution in [1.29, 1.82) is 0 Å². The van der Waals surface area contributed by atoms with Gasteiger partial charge in [0.25, 0.3) is 5.91 Å². The molecule has 0 atom stereocenters. The van der Waals surface area contributed by atoms with Crippen molar-refractivity contribution in [2.45, 2.75) is 13.5 Å². The summed E-state index contributed by atoms with van der Waals surface area (Å²) < 4.78 is 10.5. The molecular formula is C21H22N4O3. The zero-order chi connectivity index (χ0) is 19.9. The molecule has 0 aliphatic heterocycles. The molecular weight excluding hydrogens is 356 g/mol. The number of methoxy groups -OCH3 is 2. The Morgan fingerprint density at radius 3 is 2.43 bits per heavy atom. The number of nitrogens with zero attached hydrogens (tertiary/aromatic N) is 2. The van der Waals surface area contributed by atoms with Gasteiger partial charge in [-0.05, 0) is 42.8 Å². The number of rotatable bonds is 7. The summed E-state index contributed by atoms with van der Waals surface area (Å²) in [5.74, 6) is 1.35. The summed E-state index contributed by atoms with van der Waals surface area (Å²) in [6.07, 6.45) is 0. The molecule has 28 heavy (non-hydrogen) atoms. The Balaban J connectivity index is 1.70. The van der Waals surface area contributed by atoms with E-state index in [9.17, 15) is 4.79 Å². The van der Waals surface area contributed by atoms with E-state index in [2.05, 4.69) is 20.6 Å². The molecule has 144 valence electrons. The maximum atomic E-state index is 12.6. The number of nitrogens with one attached hydrogen (secondary N) is 2. The molecule has 0 bridgehead atoms. The Morgan fingerprint density at radius 2 is 1.71 bits per heavy atom. The molecule has 2 N–H and O–H groups in total. The van der Waals surface area contributed by atoms with Crippen LogP contribution in [-0.4, -0.2) is 30.1 Å². The third-order valence-corrected chi connectivity index (χ3v) is 4.02. The van der Waals surface area contributed by atoms with Crippen molar-refractivity contribution in [3.63, 3.8) is 0 Å². The Bertz CT molecular complexity index is 961. The van der Waals surface area contributed by atoms with Gasteiger partial charge in [-0.2, -0.15) is 0 Å². The van der Waals surface area contributed by atoms with E-state index >= 15 is 0 Å². The number of anilines is 2. The van der Waals surface area contributed by atoms with Gasteiger partial charge in [0.2, 0.25) is 5.95 Å². The summed E-state index contributed by atoms with van der Waals surface area (Å²) >= 11 is 0. The molecule has 0 fully saturated rings. The van der Waals surface area contributed by atoms with E-state index in [-0.39, 0.29) is 5.91 Å². The number of carbonyl (C=O) groups is 1. The smallest absolute Gasteiger partial charge is 0.270 e. The molecule has 1 heterocycles. The van der Waals surface area contributed by atoms with E-state index in [1.54, 1.807) is 26.4 Å². The summed E-state index contributed by atoms with van der Waals surface area (Å²) in [5, 5.41) is 5.98. The van der Waals surface area contributed by atoms with Crippen molar-refractivity contribution < 1.29 is 14.3 Å². The maximum Gasteiger partial charge on any atom is 0.270 e. The minimum Gasteiger partial charge on any atom is -0.493 e. The molecule has 7 nitrogen and oxygen atoms in total. The molecule has 3 rings (SSSR count). The molecule has 7 heteroatoms. The summed E-state index contributed by atoms with van der Waals surface area (Å²) in [6, 6.07) is 16.7. The SMILES string of the molecule is COc1ccc(CNC(=O)c2cc(C)nc(Nc3ccccc3)n2)cc1OC. The lowest BCUT2D eigenvalue weighted by Gasteiger charge is -2.11. The van der Waals surface area contributed by atoms with Gasteiger partial charge >= 0.3 is 0 Å². The van der Waals surface area contributed by atoms with Crippen molar-refractivity contribution in [3.8, 4) is 11.5 Å². The van der Waals surface area contributed by atoms with Gasteiger partial charge in [-0.15, -0.1) is 0 Å². The number of benzene rings is 2. The van der Waals surface area contributed by atoms with E-state index in [4.69, 9.17) is 9.47 Å². The second-order valence-electron chi connectivity index (χ2n) is 6.08. The topological polar surface area (TPSA) is 85.4 Å². The molecule has 0 unspecified atom stereocenters. The second-order valence-corrected chi connectivity index (χ2v) is 6.08. The van der Waals surface area contributed by atoms with Crippen LogP contribution in [0.25, 0.3) is 0 Å². The van der Waals surface area contributed by atoms with Gasteiger partial charge in [-0.25, -0.2) is 9.97 Å². The average molecular weight is 378 g/mol. The third kappa shape index (κ3) is 4.76. The van der Waals surface area contributed by atoms with Crippen molar-refractivity contribution in [3.05, 3.63) is 71.5 Å². The molecule has 1 aromatic heterocycles. The van der Waals surface area contributed by atoms with Crippen LogP contribution < -0.4 is 20.1 Å². The first-order valence-corrected chi connectivity index (χ1v) is 8.76.